The van der Waals surface area contributed by atoms with E-state index in [1.165, 1.54) is 7.11 Å². The van der Waals surface area contributed by atoms with Crippen molar-refractivity contribution in [2.24, 2.45) is 5.92 Å². The van der Waals surface area contributed by atoms with Crippen LogP contribution >= 0.6 is 0 Å². The molecular formula is C16H21NO5. The van der Waals surface area contributed by atoms with Crippen LogP contribution in [-0.4, -0.2) is 31.3 Å². The van der Waals surface area contributed by atoms with Crippen molar-refractivity contribution in [1.82, 2.24) is 5.32 Å². The molecule has 1 N–H and O–H groups in total. The minimum Gasteiger partial charge on any atom is -0.467 e. The van der Waals surface area contributed by atoms with Crippen LogP contribution < -0.4 is 14.8 Å². The van der Waals surface area contributed by atoms with E-state index < -0.39 is 11.5 Å². The highest BCUT2D eigenvalue weighted by molar-refractivity contribution is 5.98. The minimum atomic E-state index is -1.07. The van der Waals surface area contributed by atoms with E-state index in [1.807, 2.05) is 13.8 Å². The van der Waals surface area contributed by atoms with Crippen LogP contribution in [0.5, 0.6) is 11.5 Å². The van der Waals surface area contributed by atoms with Crippen molar-refractivity contribution in [3.63, 3.8) is 0 Å². The van der Waals surface area contributed by atoms with Gasteiger partial charge in [-0.3, -0.25) is 4.79 Å². The van der Waals surface area contributed by atoms with Gasteiger partial charge in [0.1, 0.15) is 5.54 Å². The van der Waals surface area contributed by atoms with E-state index in [0.717, 1.165) is 0 Å². The third-order valence-electron chi connectivity index (χ3n) is 3.48. The van der Waals surface area contributed by atoms with Crippen molar-refractivity contribution in [3.05, 3.63) is 23.8 Å². The number of amides is 1. The molecule has 0 spiro atoms. The molecule has 1 aromatic carbocycles. The number of nitrogens with one attached hydrogen (secondary N) is 1. The molecule has 1 amide bonds. The highest BCUT2D eigenvalue weighted by atomic mass is 16.7. The number of methoxy groups -OCH3 is 1. The topological polar surface area (TPSA) is 73.9 Å². The van der Waals surface area contributed by atoms with Crippen molar-refractivity contribution >= 4 is 11.9 Å². The molecule has 0 saturated heterocycles. The van der Waals surface area contributed by atoms with Crippen molar-refractivity contribution in [2.75, 3.05) is 13.9 Å². The van der Waals surface area contributed by atoms with Crippen LogP contribution in [-0.2, 0) is 9.53 Å². The lowest BCUT2D eigenvalue weighted by molar-refractivity contribution is -0.148. The van der Waals surface area contributed by atoms with Crippen molar-refractivity contribution in [2.45, 2.75) is 32.7 Å². The predicted molar refractivity (Wildman–Crippen MR) is 79.9 cm³/mol. The van der Waals surface area contributed by atoms with Crippen LogP contribution in [0.15, 0.2) is 18.2 Å². The highest BCUT2D eigenvalue weighted by Gasteiger charge is 2.37. The van der Waals surface area contributed by atoms with Gasteiger partial charge in [0, 0.05) is 5.56 Å². The average molecular weight is 307 g/mol. The highest BCUT2D eigenvalue weighted by Crippen LogP contribution is 2.32. The Labute approximate surface area is 129 Å². The lowest BCUT2D eigenvalue weighted by atomic mass is 9.90. The van der Waals surface area contributed by atoms with Crippen molar-refractivity contribution < 1.29 is 23.8 Å². The van der Waals surface area contributed by atoms with Gasteiger partial charge in [-0.15, -0.1) is 0 Å². The summed E-state index contributed by atoms with van der Waals surface area (Å²) in [5.41, 5.74) is -0.667. The monoisotopic (exact) mass is 307 g/mol. The fraction of sp³-hybridized carbons (Fsp3) is 0.500. The lowest BCUT2D eigenvalue weighted by Gasteiger charge is -2.29. The molecule has 1 aliphatic heterocycles. The zero-order chi connectivity index (χ0) is 16.3. The second-order valence-corrected chi connectivity index (χ2v) is 5.94. The zero-order valence-electron chi connectivity index (χ0n) is 13.3. The molecule has 1 unspecified atom stereocenters. The molecule has 0 saturated carbocycles. The molecule has 0 bridgehead atoms. The van der Waals surface area contributed by atoms with Gasteiger partial charge in [-0.25, -0.2) is 4.79 Å². The Morgan fingerprint density at radius 3 is 2.64 bits per heavy atom. The minimum absolute atomic E-state index is 0.146. The predicted octanol–water partition coefficient (Wildman–Crippen LogP) is 2.12. The summed E-state index contributed by atoms with van der Waals surface area (Å²) in [4.78, 5) is 24.5. The number of benzene rings is 1. The molecule has 0 aromatic heterocycles. The van der Waals surface area contributed by atoms with Crippen LogP contribution in [0.25, 0.3) is 0 Å². The van der Waals surface area contributed by atoms with E-state index in [0.29, 0.717) is 23.5 Å². The molecule has 0 fully saturated rings. The molecular weight excluding hydrogens is 286 g/mol. The van der Waals surface area contributed by atoms with Gasteiger partial charge in [0.15, 0.2) is 11.5 Å². The first-order chi connectivity index (χ1) is 10.4. The van der Waals surface area contributed by atoms with Gasteiger partial charge in [0.2, 0.25) is 6.79 Å². The van der Waals surface area contributed by atoms with Crippen LogP contribution in [0.4, 0.5) is 0 Å². The molecule has 6 nitrogen and oxygen atoms in total. The number of hydrogen-bond acceptors (Lipinski definition) is 5. The summed E-state index contributed by atoms with van der Waals surface area (Å²) in [6.07, 6.45) is 0.482. The largest absolute Gasteiger partial charge is 0.467 e. The smallest absolute Gasteiger partial charge is 0.331 e. The molecule has 120 valence electrons. The third-order valence-corrected chi connectivity index (χ3v) is 3.48. The second kappa shape index (κ2) is 6.25. The average Bonchev–Trinajstić information content (AvgIpc) is 2.92. The summed E-state index contributed by atoms with van der Waals surface area (Å²) in [7, 11) is 1.31. The molecule has 1 aliphatic rings. The molecule has 6 heteroatoms. The Balaban J connectivity index is 2.19. The molecule has 1 aromatic rings. The maximum Gasteiger partial charge on any atom is 0.331 e. The number of rotatable bonds is 5. The van der Waals surface area contributed by atoms with Gasteiger partial charge in [0.05, 0.1) is 7.11 Å². The SMILES string of the molecule is COC(=O)C(C)(CC(C)C)NC(=O)c1ccc2c(c1)OCO2. The molecule has 1 atom stereocenters. The summed E-state index contributed by atoms with van der Waals surface area (Å²) in [6.45, 7) is 5.78. The summed E-state index contributed by atoms with van der Waals surface area (Å²) in [5.74, 6) is 0.536. The van der Waals surface area contributed by atoms with Crippen LogP contribution in [0.1, 0.15) is 37.6 Å². The summed E-state index contributed by atoms with van der Waals surface area (Å²) >= 11 is 0. The van der Waals surface area contributed by atoms with Crippen molar-refractivity contribution in [1.29, 1.82) is 0 Å². The Kier molecular flexibility index (Phi) is 4.59. The number of ether oxygens (including phenoxy) is 3. The molecule has 1 heterocycles. The first-order valence-electron chi connectivity index (χ1n) is 7.16. The Hall–Kier alpha value is -2.24. The Morgan fingerprint density at radius 1 is 1.32 bits per heavy atom. The number of hydrogen-bond donors (Lipinski definition) is 1. The first kappa shape index (κ1) is 16.1. The fourth-order valence-electron chi connectivity index (χ4n) is 2.59. The van der Waals surface area contributed by atoms with Crippen LogP contribution in [0.2, 0.25) is 0 Å². The first-order valence-corrected chi connectivity index (χ1v) is 7.16. The fourth-order valence-corrected chi connectivity index (χ4v) is 2.59. The Bertz CT molecular complexity index is 584. The number of fused-ring (bicyclic) bond motifs is 1. The van der Waals surface area contributed by atoms with Crippen molar-refractivity contribution in [3.8, 4) is 11.5 Å². The number of carbonyl (C=O) groups excluding carboxylic acids is 2. The zero-order valence-corrected chi connectivity index (χ0v) is 13.3. The van der Waals surface area contributed by atoms with Gasteiger partial charge < -0.3 is 19.5 Å². The normalized spacial score (nSPS) is 15.3. The number of carbonyl (C=O) groups is 2. The van der Waals surface area contributed by atoms with E-state index in [1.54, 1.807) is 25.1 Å². The molecule has 2 rings (SSSR count). The quantitative estimate of drug-likeness (QED) is 0.844. The Morgan fingerprint density at radius 2 is 2.00 bits per heavy atom. The van der Waals surface area contributed by atoms with Gasteiger partial charge in [0.25, 0.3) is 5.91 Å². The molecule has 0 aliphatic carbocycles. The lowest BCUT2D eigenvalue weighted by Crippen LogP contribution is -2.53. The van der Waals surface area contributed by atoms with Gasteiger partial charge in [-0.1, -0.05) is 13.8 Å². The second-order valence-electron chi connectivity index (χ2n) is 5.94. The summed E-state index contributed by atoms with van der Waals surface area (Å²) in [5, 5.41) is 2.77. The van der Waals surface area contributed by atoms with E-state index in [2.05, 4.69) is 5.32 Å². The summed E-state index contributed by atoms with van der Waals surface area (Å²) < 4.78 is 15.3. The van der Waals surface area contributed by atoms with Gasteiger partial charge in [-0.2, -0.15) is 0 Å². The third kappa shape index (κ3) is 3.32. The van der Waals surface area contributed by atoms with E-state index >= 15 is 0 Å². The van der Waals surface area contributed by atoms with Crippen LogP contribution in [0.3, 0.4) is 0 Å². The standard InChI is InChI=1S/C16H21NO5/c1-10(2)8-16(3,15(19)20-4)17-14(18)11-5-6-12-13(7-11)22-9-21-12/h5-7,10H,8-9H2,1-4H3,(H,17,18). The van der Waals surface area contributed by atoms with Gasteiger partial charge in [-0.05, 0) is 37.5 Å². The van der Waals surface area contributed by atoms with E-state index in [4.69, 9.17) is 14.2 Å². The molecule has 22 heavy (non-hydrogen) atoms. The van der Waals surface area contributed by atoms with E-state index in [-0.39, 0.29) is 18.6 Å². The maximum absolute atomic E-state index is 12.4. The number of esters is 1. The summed E-state index contributed by atoms with van der Waals surface area (Å²) in [6, 6.07) is 4.91. The maximum atomic E-state index is 12.4. The van der Waals surface area contributed by atoms with E-state index in [9.17, 15) is 9.59 Å². The molecule has 0 radical (unpaired) electrons. The van der Waals surface area contributed by atoms with Gasteiger partial charge >= 0.3 is 5.97 Å². The van der Waals surface area contributed by atoms with Crippen LogP contribution in [0, 0.1) is 5.92 Å².